The second-order valence-electron chi connectivity index (χ2n) is 13.8. The number of nitrogens with zero attached hydrogens (tertiary/aromatic N) is 2. The third kappa shape index (κ3) is 4.65. The Kier molecular flexibility index (Phi) is 6.97. The molecule has 0 amide bonds. The summed E-state index contributed by atoms with van der Waals surface area (Å²) in [5.74, 6) is 0. The highest BCUT2D eigenvalue weighted by molar-refractivity contribution is 6.23. The van der Waals surface area contributed by atoms with Gasteiger partial charge in [0.25, 0.3) is 0 Å². The Hall–Kier alpha value is -6.64. The molecule has 246 valence electrons. The molecule has 0 bridgehead atoms. The maximum Gasteiger partial charge on any atom is 0.0580 e. The van der Waals surface area contributed by atoms with Crippen LogP contribution in [0.2, 0.25) is 0 Å². The van der Waals surface area contributed by atoms with Gasteiger partial charge in [-0.3, -0.25) is 0 Å². The van der Waals surface area contributed by atoms with E-state index in [1.807, 2.05) is 0 Å². The van der Waals surface area contributed by atoms with Crippen molar-refractivity contribution in [1.29, 1.82) is 0 Å². The van der Waals surface area contributed by atoms with Gasteiger partial charge in [-0.2, -0.15) is 0 Å². The predicted molar refractivity (Wildman–Crippen MR) is 221 cm³/mol. The van der Waals surface area contributed by atoms with E-state index in [1.54, 1.807) is 0 Å². The summed E-state index contributed by atoms with van der Waals surface area (Å²) in [6.07, 6.45) is 0. The third-order valence-corrected chi connectivity index (χ3v) is 10.8. The van der Waals surface area contributed by atoms with E-state index < -0.39 is 0 Å². The fraction of sp³-hybridized carbons (Fsp3) is 0.0400. The average molecular weight is 665 g/mol. The van der Waals surface area contributed by atoms with Gasteiger partial charge in [-0.15, -0.1) is 0 Å². The van der Waals surface area contributed by atoms with Gasteiger partial charge in [-0.1, -0.05) is 140 Å². The lowest BCUT2D eigenvalue weighted by molar-refractivity contribution is 1.16. The zero-order valence-electron chi connectivity index (χ0n) is 29.2. The van der Waals surface area contributed by atoms with Crippen molar-refractivity contribution in [2.75, 3.05) is 0 Å². The highest BCUT2D eigenvalue weighted by Gasteiger charge is 2.24. The van der Waals surface area contributed by atoms with Gasteiger partial charge in [-0.25, -0.2) is 0 Å². The highest BCUT2D eigenvalue weighted by Crippen LogP contribution is 2.45. The number of fused-ring (bicyclic) bond motifs is 6. The predicted octanol–water partition coefficient (Wildman–Crippen LogP) is 13.5. The van der Waals surface area contributed by atoms with Gasteiger partial charge < -0.3 is 9.13 Å². The van der Waals surface area contributed by atoms with Crippen LogP contribution < -0.4 is 0 Å². The van der Waals surface area contributed by atoms with Gasteiger partial charge >= 0.3 is 0 Å². The fourth-order valence-corrected chi connectivity index (χ4v) is 8.49. The number of rotatable bonds is 5. The van der Waals surface area contributed by atoms with Gasteiger partial charge in [0.2, 0.25) is 0 Å². The van der Waals surface area contributed by atoms with E-state index in [0.717, 1.165) is 5.69 Å². The Morgan fingerprint density at radius 2 is 0.673 bits per heavy atom. The number of hydrogen-bond donors (Lipinski definition) is 0. The molecule has 10 rings (SSSR count). The minimum Gasteiger partial charge on any atom is -0.309 e. The molecular formula is C50H36N2. The van der Waals surface area contributed by atoms with Crippen LogP contribution in [0.25, 0.3) is 88.4 Å². The summed E-state index contributed by atoms with van der Waals surface area (Å²) < 4.78 is 5.00. The van der Waals surface area contributed by atoms with E-state index >= 15 is 0 Å². The molecule has 8 aromatic carbocycles. The standard InChI is InChI=1S/C50H36N2/c1-33-48-44-23-13-15-25-46(44)52(42-31-39(36-18-8-4-9-19-36)30-40(32-42)37-20-10-5-11-21-37)50(48)34(2)47-43-22-12-14-24-45(43)51(49(33)47)41-28-26-38(27-29-41)35-16-6-3-7-17-35/h3-32H,1-2H3. The lowest BCUT2D eigenvalue weighted by Gasteiger charge is -2.16. The number of para-hydroxylation sites is 2. The molecule has 0 atom stereocenters. The molecule has 0 saturated carbocycles. The Balaban J connectivity index is 1.30. The first-order chi connectivity index (χ1) is 25.7. The van der Waals surface area contributed by atoms with Gasteiger partial charge in [0.1, 0.15) is 0 Å². The highest BCUT2D eigenvalue weighted by atomic mass is 15.0. The number of aryl methyl sites for hydroxylation is 2. The molecular weight excluding hydrogens is 629 g/mol. The molecule has 0 aliphatic heterocycles. The maximum atomic E-state index is 2.52. The molecule has 2 heteroatoms. The molecule has 52 heavy (non-hydrogen) atoms. The van der Waals surface area contributed by atoms with Crippen LogP contribution in [0.4, 0.5) is 0 Å². The van der Waals surface area contributed by atoms with E-state index in [-0.39, 0.29) is 0 Å². The molecule has 0 fully saturated rings. The number of benzene rings is 8. The molecule has 2 nitrogen and oxygen atoms in total. The Bertz CT molecular complexity index is 2870. The first-order valence-electron chi connectivity index (χ1n) is 18.0. The van der Waals surface area contributed by atoms with E-state index in [1.165, 1.54) is 93.8 Å². The van der Waals surface area contributed by atoms with E-state index in [4.69, 9.17) is 0 Å². The topological polar surface area (TPSA) is 9.86 Å². The first kappa shape index (κ1) is 30.2. The quantitative estimate of drug-likeness (QED) is 0.173. The Morgan fingerprint density at radius 3 is 1.13 bits per heavy atom. The van der Waals surface area contributed by atoms with Crippen LogP contribution in [-0.4, -0.2) is 9.13 Å². The summed E-state index contributed by atoms with van der Waals surface area (Å²) in [5, 5.41) is 5.14. The summed E-state index contributed by atoms with van der Waals surface area (Å²) in [7, 11) is 0. The van der Waals surface area contributed by atoms with Crippen molar-refractivity contribution in [3.8, 4) is 44.8 Å². The lowest BCUT2D eigenvalue weighted by Crippen LogP contribution is -1.99. The van der Waals surface area contributed by atoms with E-state index in [0.29, 0.717) is 0 Å². The summed E-state index contributed by atoms with van der Waals surface area (Å²) >= 11 is 0. The maximum absolute atomic E-state index is 2.52. The minimum atomic E-state index is 1.16. The average Bonchev–Trinajstić information content (AvgIpc) is 3.76. The summed E-state index contributed by atoms with van der Waals surface area (Å²) in [5.41, 5.74) is 17.1. The van der Waals surface area contributed by atoms with Crippen molar-refractivity contribution in [1.82, 2.24) is 9.13 Å². The van der Waals surface area contributed by atoms with Crippen LogP contribution in [0.3, 0.4) is 0 Å². The largest absolute Gasteiger partial charge is 0.309 e. The summed E-state index contributed by atoms with van der Waals surface area (Å²) in [6, 6.07) is 66.1. The molecule has 0 radical (unpaired) electrons. The fourth-order valence-electron chi connectivity index (χ4n) is 8.49. The van der Waals surface area contributed by atoms with Crippen LogP contribution in [0.5, 0.6) is 0 Å². The molecule has 0 unspecified atom stereocenters. The molecule has 0 saturated heterocycles. The first-order valence-corrected chi connectivity index (χ1v) is 18.0. The van der Waals surface area contributed by atoms with Gasteiger partial charge in [0, 0.05) is 32.9 Å². The second kappa shape index (κ2) is 12.0. The van der Waals surface area contributed by atoms with E-state index in [2.05, 4.69) is 205 Å². The molecule has 0 aliphatic rings. The minimum absolute atomic E-state index is 1.16. The van der Waals surface area contributed by atoms with E-state index in [9.17, 15) is 0 Å². The number of aromatic nitrogens is 2. The lowest BCUT2D eigenvalue weighted by atomic mass is 9.97. The SMILES string of the molecule is Cc1c2c3ccccc3n(-c3cc(-c4ccccc4)cc(-c4ccccc4)c3)c2c(C)c2c3ccccc3n(-c3ccc(-c4ccccc4)cc3)c12. The van der Waals surface area contributed by atoms with Crippen LogP contribution in [-0.2, 0) is 0 Å². The molecule has 0 aliphatic carbocycles. The third-order valence-electron chi connectivity index (χ3n) is 10.8. The van der Waals surface area contributed by atoms with Crippen molar-refractivity contribution >= 4 is 43.6 Å². The van der Waals surface area contributed by atoms with Gasteiger partial charge in [0.15, 0.2) is 0 Å². The van der Waals surface area contributed by atoms with Crippen molar-refractivity contribution in [3.05, 3.63) is 193 Å². The van der Waals surface area contributed by atoms with Crippen molar-refractivity contribution in [2.45, 2.75) is 13.8 Å². The normalized spacial score (nSPS) is 11.7. The molecule has 2 aromatic heterocycles. The zero-order valence-corrected chi connectivity index (χ0v) is 29.2. The molecule has 0 spiro atoms. The summed E-state index contributed by atoms with van der Waals surface area (Å²) in [4.78, 5) is 0. The molecule has 2 heterocycles. The van der Waals surface area contributed by atoms with Crippen LogP contribution in [0.1, 0.15) is 11.1 Å². The van der Waals surface area contributed by atoms with Gasteiger partial charge in [0.05, 0.1) is 22.1 Å². The molecule has 0 N–H and O–H groups in total. The Labute approximate surface area is 303 Å². The number of hydrogen-bond acceptors (Lipinski definition) is 0. The zero-order chi connectivity index (χ0) is 34.8. The van der Waals surface area contributed by atoms with Crippen LogP contribution in [0.15, 0.2) is 182 Å². The second-order valence-corrected chi connectivity index (χ2v) is 13.8. The van der Waals surface area contributed by atoms with Crippen molar-refractivity contribution in [2.24, 2.45) is 0 Å². The summed E-state index contributed by atoms with van der Waals surface area (Å²) in [6.45, 7) is 4.65. The van der Waals surface area contributed by atoms with Gasteiger partial charge in [-0.05, 0) is 101 Å². The monoisotopic (exact) mass is 664 g/mol. The van der Waals surface area contributed by atoms with Crippen molar-refractivity contribution in [3.63, 3.8) is 0 Å². The molecule has 10 aromatic rings. The van der Waals surface area contributed by atoms with Crippen LogP contribution >= 0.6 is 0 Å². The Morgan fingerprint density at radius 1 is 0.308 bits per heavy atom. The van der Waals surface area contributed by atoms with Crippen molar-refractivity contribution < 1.29 is 0 Å². The van der Waals surface area contributed by atoms with Crippen LogP contribution in [0, 0.1) is 13.8 Å². The smallest absolute Gasteiger partial charge is 0.0580 e.